The average molecular weight is 518 g/mol. The number of benzene rings is 2. The lowest BCUT2D eigenvalue weighted by molar-refractivity contribution is 0.0736. The van der Waals surface area contributed by atoms with Crippen LogP contribution in [0.5, 0.6) is 0 Å². The molecule has 0 spiro atoms. The number of anilines is 2. The summed E-state index contributed by atoms with van der Waals surface area (Å²) in [5.41, 5.74) is 3.65. The van der Waals surface area contributed by atoms with E-state index >= 15 is 0 Å². The van der Waals surface area contributed by atoms with Crippen molar-refractivity contribution >= 4 is 38.4 Å². The highest BCUT2D eigenvalue weighted by Crippen LogP contribution is 2.33. The third-order valence-electron chi connectivity index (χ3n) is 5.19. The minimum Gasteiger partial charge on any atom is -0.336 e. The van der Waals surface area contributed by atoms with E-state index in [-0.39, 0.29) is 5.91 Å². The quantitative estimate of drug-likeness (QED) is 0.329. The summed E-state index contributed by atoms with van der Waals surface area (Å²) in [6, 6.07) is 16.3. The van der Waals surface area contributed by atoms with E-state index in [9.17, 15) is 9.18 Å². The summed E-state index contributed by atoms with van der Waals surface area (Å²) in [4.78, 5) is 23.3. The van der Waals surface area contributed by atoms with E-state index < -0.39 is 5.41 Å². The van der Waals surface area contributed by atoms with Crippen LogP contribution in [-0.2, 0) is 5.41 Å². The lowest BCUT2D eigenvalue weighted by Gasteiger charge is -2.27. The van der Waals surface area contributed by atoms with E-state index in [0.29, 0.717) is 17.1 Å². The van der Waals surface area contributed by atoms with E-state index in [1.807, 2.05) is 61.2 Å². The first-order valence-corrected chi connectivity index (χ1v) is 12.9. The smallest absolute Gasteiger partial charge is 0.253 e. The summed E-state index contributed by atoms with van der Waals surface area (Å²) in [7, 11) is 2.20. The van der Waals surface area contributed by atoms with Gasteiger partial charge in [-0.3, -0.25) is 4.79 Å². The predicted octanol–water partition coefficient (Wildman–Crippen LogP) is 5.83. The van der Waals surface area contributed by atoms with Crippen LogP contribution >= 0.6 is 20.8 Å². The molecule has 2 aromatic carbocycles. The van der Waals surface area contributed by atoms with Gasteiger partial charge in [0, 0.05) is 55.6 Å². The van der Waals surface area contributed by atoms with Gasteiger partial charge in [0.25, 0.3) is 5.91 Å². The van der Waals surface area contributed by atoms with Gasteiger partial charge >= 0.3 is 0 Å². The van der Waals surface area contributed by atoms with Gasteiger partial charge in [0.1, 0.15) is 5.41 Å². The third-order valence-corrected chi connectivity index (χ3v) is 5.53. The molecule has 9 heteroatoms. The van der Waals surface area contributed by atoms with E-state index in [2.05, 4.69) is 41.4 Å². The van der Waals surface area contributed by atoms with Crippen LogP contribution in [0.2, 0.25) is 0 Å². The second-order valence-electron chi connectivity index (χ2n) is 7.66. The minimum atomic E-state index is -1.46. The molecule has 1 aliphatic rings. The molecule has 2 heterocycles. The zero-order valence-corrected chi connectivity index (χ0v) is 22.6. The van der Waals surface area contributed by atoms with Crippen molar-refractivity contribution in [1.82, 2.24) is 20.2 Å². The Balaban J connectivity index is 0.00000103. The number of rotatable bonds is 5. The maximum atomic E-state index is 14.0. The molecule has 1 aromatic heterocycles. The number of halogens is 2. The topological polar surface area (TPSA) is 70.2 Å². The number of hydrogen-bond donors (Lipinski definition) is 2. The number of carbonyl (C=O) groups is 1. The Kier molecular flexibility index (Phi) is 11.5. The van der Waals surface area contributed by atoms with Crippen molar-refractivity contribution in [3.8, 4) is 11.3 Å². The molecule has 1 aliphatic heterocycles. The second-order valence-corrected chi connectivity index (χ2v) is 8.75. The number of hydrogen-bond acceptors (Lipinski definition) is 5. The molecule has 4 rings (SSSR count). The highest BCUT2D eigenvalue weighted by molar-refractivity contribution is 7.18. The number of aromatic nitrogens is 2. The van der Waals surface area contributed by atoms with Crippen LogP contribution in [0.1, 0.15) is 36.7 Å². The monoisotopic (exact) mass is 517 g/mol. The van der Waals surface area contributed by atoms with Gasteiger partial charge in [-0.1, -0.05) is 47.4 Å². The zero-order chi connectivity index (χ0) is 25.8. The standard InChI is InChI=1S/C23H25FN5OP.C2H6.CH3Cl/c1-23(24,31)18-6-2-16(3-7-18)20-10-11-26-22(28-20)27-19-8-4-17(5-9-19)21(30)29-14-12-25-13-15-29;2*1-2/h2-11,25H,12-15,31H2,1H3,(H,26,27,28);1-2H3;1H3. The van der Waals surface area contributed by atoms with Gasteiger partial charge in [0.05, 0.1) is 5.69 Å². The molecule has 1 saturated heterocycles. The first-order chi connectivity index (χ1) is 16.9. The molecular weight excluding hydrogens is 484 g/mol. The average Bonchev–Trinajstić information content (AvgIpc) is 2.91. The summed E-state index contributed by atoms with van der Waals surface area (Å²) < 4.78 is 14.0. The Labute approximate surface area is 214 Å². The third kappa shape index (κ3) is 8.24. The number of carbonyl (C=O) groups excluding carboxylic acids is 1. The van der Waals surface area contributed by atoms with Crippen molar-refractivity contribution in [3.05, 3.63) is 71.9 Å². The van der Waals surface area contributed by atoms with Crippen LogP contribution < -0.4 is 10.6 Å². The van der Waals surface area contributed by atoms with E-state index in [1.54, 1.807) is 18.3 Å². The van der Waals surface area contributed by atoms with Gasteiger partial charge < -0.3 is 15.5 Å². The molecule has 1 amide bonds. The number of alkyl halides is 2. The molecule has 0 bridgehead atoms. The normalized spacial score (nSPS) is 14.4. The maximum Gasteiger partial charge on any atom is 0.253 e. The highest BCUT2D eigenvalue weighted by atomic mass is 35.5. The van der Waals surface area contributed by atoms with Crippen molar-refractivity contribution in [1.29, 1.82) is 0 Å². The van der Waals surface area contributed by atoms with Crippen molar-refractivity contribution in [2.24, 2.45) is 0 Å². The summed E-state index contributed by atoms with van der Waals surface area (Å²) in [5, 5.41) is 4.96. The van der Waals surface area contributed by atoms with E-state index in [4.69, 9.17) is 0 Å². The number of piperazine rings is 1. The lowest BCUT2D eigenvalue weighted by Crippen LogP contribution is -2.46. The van der Waals surface area contributed by atoms with Gasteiger partial charge in [-0.2, -0.15) is 0 Å². The van der Waals surface area contributed by atoms with Gasteiger partial charge in [-0.05, 0) is 42.8 Å². The van der Waals surface area contributed by atoms with Gasteiger partial charge in [-0.15, -0.1) is 11.6 Å². The molecule has 35 heavy (non-hydrogen) atoms. The molecule has 188 valence electrons. The van der Waals surface area contributed by atoms with Crippen molar-refractivity contribution in [3.63, 3.8) is 0 Å². The molecule has 6 nitrogen and oxygen atoms in total. The fourth-order valence-electron chi connectivity index (χ4n) is 3.42. The summed E-state index contributed by atoms with van der Waals surface area (Å²) in [5.74, 6) is 0.494. The van der Waals surface area contributed by atoms with Crippen molar-refractivity contribution < 1.29 is 9.18 Å². The van der Waals surface area contributed by atoms with Crippen molar-refractivity contribution in [2.75, 3.05) is 37.9 Å². The number of nitrogens with zero attached hydrogens (tertiary/aromatic N) is 3. The fourth-order valence-corrected chi connectivity index (χ4v) is 3.61. The highest BCUT2D eigenvalue weighted by Gasteiger charge is 2.19. The number of amides is 1. The van der Waals surface area contributed by atoms with Crippen LogP contribution in [0.15, 0.2) is 60.8 Å². The first kappa shape index (κ1) is 28.6. The number of nitrogens with one attached hydrogen (secondary N) is 2. The molecule has 2 N–H and O–H groups in total. The Morgan fingerprint density at radius 2 is 1.66 bits per heavy atom. The molecule has 2 atom stereocenters. The first-order valence-electron chi connectivity index (χ1n) is 11.6. The molecule has 2 unspecified atom stereocenters. The van der Waals surface area contributed by atoms with Crippen LogP contribution in [0.4, 0.5) is 16.0 Å². The summed E-state index contributed by atoms with van der Waals surface area (Å²) in [6.07, 6.45) is 3.15. The molecule has 0 aliphatic carbocycles. The van der Waals surface area contributed by atoms with E-state index in [0.717, 1.165) is 43.1 Å². The predicted molar refractivity (Wildman–Crippen MR) is 147 cm³/mol. The Morgan fingerprint density at radius 1 is 1.06 bits per heavy atom. The van der Waals surface area contributed by atoms with E-state index in [1.165, 1.54) is 13.3 Å². The molecule has 0 radical (unpaired) electrons. The second kappa shape index (κ2) is 14.1. The minimum absolute atomic E-state index is 0.0459. The van der Waals surface area contributed by atoms with Crippen LogP contribution in [0, 0.1) is 0 Å². The Morgan fingerprint density at radius 3 is 2.23 bits per heavy atom. The van der Waals surface area contributed by atoms with Crippen LogP contribution in [0.25, 0.3) is 11.3 Å². The molecule has 0 saturated carbocycles. The Hall–Kier alpha value is -2.60. The van der Waals surface area contributed by atoms with Crippen molar-refractivity contribution in [2.45, 2.75) is 26.2 Å². The SMILES string of the molecule is CC.CC(F)(P)c1ccc(-c2ccnc(Nc3ccc(C(=O)N4CCNCC4)cc3)n2)cc1.CCl. The molecule has 1 fully saturated rings. The maximum absolute atomic E-state index is 14.0. The van der Waals surface area contributed by atoms with Gasteiger partial charge in [0.2, 0.25) is 5.95 Å². The summed E-state index contributed by atoms with van der Waals surface area (Å²) >= 11 is 4.64. The zero-order valence-electron chi connectivity index (χ0n) is 20.7. The van der Waals surface area contributed by atoms with Gasteiger partial charge in [-0.25, -0.2) is 14.4 Å². The molecule has 3 aromatic rings. The summed E-state index contributed by atoms with van der Waals surface area (Å²) in [6.45, 7) is 8.60. The van der Waals surface area contributed by atoms with Gasteiger partial charge in [0.15, 0.2) is 0 Å². The lowest BCUT2D eigenvalue weighted by atomic mass is 10.1. The fraction of sp³-hybridized carbons (Fsp3) is 0.346. The van der Waals surface area contributed by atoms with Crippen LogP contribution in [0.3, 0.4) is 0 Å². The largest absolute Gasteiger partial charge is 0.336 e. The van der Waals surface area contributed by atoms with Crippen LogP contribution in [-0.4, -0.2) is 53.3 Å². The Bertz CT molecular complexity index is 1050. The molecular formula is C26H34ClFN5OP.